The minimum absolute atomic E-state index is 0.136. The van der Waals surface area contributed by atoms with Crippen LogP contribution in [0.2, 0.25) is 0 Å². The lowest BCUT2D eigenvalue weighted by molar-refractivity contribution is 0.353. The van der Waals surface area contributed by atoms with Gasteiger partial charge in [0.1, 0.15) is 11.5 Å². The molecule has 5 nitrogen and oxygen atoms in total. The van der Waals surface area contributed by atoms with Crippen LogP contribution in [0, 0.1) is 0 Å². The van der Waals surface area contributed by atoms with E-state index in [-0.39, 0.29) is 23.0 Å². The summed E-state index contributed by atoms with van der Waals surface area (Å²) in [6.07, 6.45) is 0. The third kappa shape index (κ3) is 3.44. The normalized spacial score (nSPS) is 12.1. The van der Waals surface area contributed by atoms with Crippen molar-refractivity contribution in [3.8, 4) is 28.7 Å². The van der Waals surface area contributed by atoms with Gasteiger partial charge in [-0.05, 0) is 41.5 Å². The van der Waals surface area contributed by atoms with E-state index in [4.69, 9.17) is 0 Å². The van der Waals surface area contributed by atoms with E-state index in [1.807, 2.05) is 27.7 Å². The molecule has 152 valence electrons. The van der Waals surface area contributed by atoms with E-state index in [9.17, 15) is 25.5 Å². The molecule has 0 saturated carbocycles. The highest BCUT2D eigenvalue weighted by Gasteiger charge is 2.35. The fraction of sp³-hybridized carbons (Fsp3) is 0.250. The fourth-order valence-corrected chi connectivity index (χ4v) is 3.67. The molecule has 3 rings (SSSR count). The van der Waals surface area contributed by atoms with Crippen LogP contribution in [0.25, 0.3) is 0 Å². The maximum atomic E-state index is 10.6. The lowest BCUT2D eigenvalue weighted by Gasteiger charge is -2.32. The number of phenolic OH excluding ortho intramolecular Hbond substituents is 5. The second kappa shape index (κ2) is 6.92. The minimum Gasteiger partial charge on any atom is -0.508 e. The molecule has 0 fully saturated rings. The van der Waals surface area contributed by atoms with Crippen molar-refractivity contribution >= 4 is 0 Å². The summed E-state index contributed by atoms with van der Waals surface area (Å²) in [6.45, 7) is 7.56. The van der Waals surface area contributed by atoms with Crippen LogP contribution in [0.5, 0.6) is 28.7 Å². The van der Waals surface area contributed by atoms with Gasteiger partial charge in [0.2, 0.25) is 5.75 Å². The zero-order chi connectivity index (χ0) is 21.6. The zero-order valence-electron chi connectivity index (χ0n) is 16.9. The van der Waals surface area contributed by atoms with Crippen LogP contribution in [0.15, 0.2) is 54.6 Å². The number of aromatic hydroxyl groups is 5. The summed E-state index contributed by atoms with van der Waals surface area (Å²) >= 11 is 0. The van der Waals surface area contributed by atoms with Gasteiger partial charge >= 0.3 is 0 Å². The summed E-state index contributed by atoms with van der Waals surface area (Å²) in [7, 11) is 0. The van der Waals surface area contributed by atoms with Gasteiger partial charge in [-0.3, -0.25) is 0 Å². The molecular weight excluding hydrogens is 368 g/mol. The van der Waals surface area contributed by atoms with Gasteiger partial charge in [0.05, 0.1) is 0 Å². The van der Waals surface area contributed by atoms with Gasteiger partial charge in [0, 0.05) is 22.0 Å². The number of rotatable bonds is 4. The molecule has 5 N–H and O–H groups in total. The summed E-state index contributed by atoms with van der Waals surface area (Å²) in [5.74, 6) is -1.07. The predicted molar refractivity (Wildman–Crippen MR) is 112 cm³/mol. The Bertz CT molecular complexity index is 951. The van der Waals surface area contributed by atoms with Gasteiger partial charge in [0.25, 0.3) is 0 Å². The molecule has 3 aromatic rings. The highest BCUT2D eigenvalue weighted by molar-refractivity contribution is 5.64. The van der Waals surface area contributed by atoms with Crippen LogP contribution in [0.1, 0.15) is 49.9 Å². The fourth-order valence-electron chi connectivity index (χ4n) is 3.67. The van der Waals surface area contributed by atoms with Gasteiger partial charge in [-0.15, -0.1) is 0 Å². The Hall–Kier alpha value is -3.34. The lowest BCUT2D eigenvalue weighted by atomic mass is 9.72. The second-order valence-electron chi connectivity index (χ2n) is 8.36. The average Bonchev–Trinajstić information content (AvgIpc) is 2.66. The third-order valence-corrected chi connectivity index (χ3v) is 5.77. The molecule has 29 heavy (non-hydrogen) atoms. The third-order valence-electron chi connectivity index (χ3n) is 5.77. The molecule has 0 heterocycles. The molecule has 0 saturated heterocycles. The topological polar surface area (TPSA) is 101 Å². The molecule has 0 aliphatic rings. The Morgan fingerprint density at radius 2 is 0.793 bits per heavy atom. The monoisotopic (exact) mass is 394 g/mol. The number of phenols is 5. The number of hydrogen-bond acceptors (Lipinski definition) is 5. The quantitative estimate of drug-likeness (QED) is 0.407. The molecule has 0 atom stereocenters. The first-order valence-corrected chi connectivity index (χ1v) is 9.34. The Balaban J connectivity index is 2.22. The number of hydrogen-bond donors (Lipinski definition) is 5. The van der Waals surface area contributed by atoms with Gasteiger partial charge in [0.15, 0.2) is 11.5 Å². The average molecular weight is 394 g/mol. The van der Waals surface area contributed by atoms with Crippen molar-refractivity contribution in [3.63, 3.8) is 0 Å². The maximum Gasteiger partial charge on any atom is 0.200 e. The molecule has 3 aromatic carbocycles. The van der Waals surface area contributed by atoms with Crippen LogP contribution < -0.4 is 0 Å². The molecule has 0 bridgehead atoms. The van der Waals surface area contributed by atoms with Crippen molar-refractivity contribution in [1.82, 2.24) is 0 Å². The Morgan fingerprint density at radius 3 is 1.10 bits per heavy atom. The van der Waals surface area contributed by atoms with Crippen LogP contribution in [-0.4, -0.2) is 25.5 Å². The molecule has 0 aliphatic carbocycles. The molecular formula is C24H26O5. The first-order valence-electron chi connectivity index (χ1n) is 9.34. The van der Waals surface area contributed by atoms with Crippen LogP contribution in [-0.2, 0) is 10.8 Å². The molecule has 0 spiro atoms. The van der Waals surface area contributed by atoms with Crippen molar-refractivity contribution in [2.24, 2.45) is 0 Å². The molecule has 0 unspecified atom stereocenters. The lowest BCUT2D eigenvalue weighted by Crippen LogP contribution is -2.23. The van der Waals surface area contributed by atoms with E-state index in [0.717, 1.165) is 11.1 Å². The zero-order valence-corrected chi connectivity index (χ0v) is 16.9. The second-order valence-corrected chi connectivity index (χ2v) is 8.36. The highest BCUT2D eigenvalue weighted by atomic mass is 16.3. The summed E-state index contributed by atoms with van der Waals surface area (Å²) < 4.78 is 0. The van der Waals surface area contributed by atoms with E-state index in [2.05, 4.69) is 0 Å². The summed E-state index contributed by atoms with van der Waals surface area (Å²) in [6, 6.07) is 15.0. The van der Waals surface area contributed by atoms with Crippen molar-refractivity contribution in [2.75, 3.05) is 0 Å². The van der Waals surface area contributed by atoms with Crippen LogP contribution in [0.3, 0.4) is 0 Å². The van der Waals surface area contributed by atoms with Gasteiger partial charge < -0.3 is 25.5 Å². The van der Waals surface area contributed by atoms with Gasteiger partial charge in [-0.25, -0.2) is 0 Å². The standard InChI is InChI=1S/C24H26O5/c1-23(2,14-5-9-16(25)10-6-14)18-13-19(21(28)22(29)20(18)27)24(3,4)15-7-11-17(26)12-8-15/h5-13,25-29H,1-4H3. The van der Waals surface area contributed by atoms with Gasteiger partial charge in [-0.1, -0.05) is 52.0 Å². The first-order chi connectivity index (χ1) is 13.5. The number of benzene rings is 3. The highest BCUT2D eigenvalue weighted by Crippen LogP contribution is 2.51. The SMILES string of the molecule is CC(C)(c1ccc(O)cc1)c1cc(C(C)(C)c2ccc(O)cc2)c(O)c(O)c1O. The summed E-state index contributed by atoms with van der Waals surface area (Å²) in [4.78, 5) is 0. The molecule has 0 aliphatic heterocycles. The van der Waals surface area contributed by atoms with Gasteiger partial charge in [-0.2, -0.15) is 0 Å². The van der Waals surface area contributed by atoms with Crippen molar-refractivity contribution in [2.45, 2.75) is 38.5 Å². The molecule has 0 amide bonds. The summed E-state index contributed by atoms with van der Waals surface area (Å²) in [5, 5.41) is 50.9. The Morgan fingerprint density at radius 1 is 0.483 bits per heavy atom. The first kappa shape index (κ1) is 20.4. The van der Waals surface area contributed by atoms with E-state index in [1.165, 1.54) is 0 Å². The van der Waals surface area contributed by atoms with E-state index >= 15 is 0 Å². The Kier molecular flexibility index (Phi) is 4.87. The van der Waals surface area contributed by atoms with Crippen molar-refractivity contribution < 1.29 is 25.5 Å². The minimum atomic E-state index is -0.719. The van der Waals surface area contributed by atoms with E-state index in [1.54, 1.807) is 54.6 Å². The van der Waals surface area contributed by atoms with E-state index in [0.29, 0.717) is 11.1 Å². The van der Waals surface area contributed by atoms with Crippen LogP contribution in [0.4, 0.5) is 0 Å². The maximum absolute atomic E-state index is 10.6. The molecule has 0 aromatic heterocycles. The molecule has 0 radical (unpaired) electrons. The predicted octanol–water partition coefficient (Wildman–Crippen LogP) is 4.87. The van der Waals surface area contributed by atoms with Crippen molar-refractivity contribution in [1.29, 1.82) is 0 Å². The Labute approximate surface area is 170 Å². The van der Waals surface area contributed by atoms with Crippen LogP contribution >= 0.6 is 0 Å². The smallest absolute Gasteiger partial charge is 0.200 e. The molecule has 5 heteroatoms. The summed E-state index contributed by atoms with van der Waals surface area (Å²) in [5.41, 5.74) is 1.10. The van der Waals surface area contributed by atoms with E-state index < -0.39 is 16.6 Å². The van der Waals surface area contributed by atoms with Crippen molar-refractivity contribution in [3.05, 3.63) is 76.9 Å². The largest absolute Gasteiger partial charge is 0.508 e.